The van der Waals surface area contributed by atoms with Gasteiger partial charge in [0, 0.05) is 31.3 Å². The number of para-hydroxylation sites is 1. The van der Waals surface area contributed by atoms with E-state index in [-0.39, 0.29) is 40.5 Å². The first-order valence-electron chi connectivity index (χ1n) is 10.8. The van der Waals surface area contributed by atoms with Gasteiger partial charge in [-0.05, 0) is 31.7 Å². The van der Waals surface area contributed by atoms with Crippen molar-refractivity contribution in [1.82, 2.24) is 24.7 Å². The zero-order valence-corrected chi connectivity index (χ0v) is 21.7. The highest BCUT2D eigenvalue weighted by Gasteiger charge is 2.35. The Labute approximate surface area is 217 Å². The van der Waals surface area contributed by atoms with E-state index in [1.165, 1.54) is 44.2 Å². The van der Waals surface area contributed by atoms with E-state index in [1.54, 1.807) is 25.1 Å². The number of hydrogen-bond donors (Lipinski definition) is 2. The van der Waals surface area contributed by atoms with Crippen molar-refractivity contribution in [2.75, 3.05) is 18.9 Å². The van der Waals surface area contributed by atoms with Crippen LogP contribution in [-0.2, 0) is 14.8 Å². The molecule has 0 radical (unpaired) electrons. The number of hydrogen-bond acceptors (Lipinski definition) is 10. The molecule has 0 unspecified atom stereocenters. The number of benzene rings is 1. The van der Waals surface area contributed by atoms with Crippen LogP contribution in [0.15, 0.2) is 53.1 Å². The number of methoxy groups -OCH3 is 2. The van der Waals surface area contributed by atoms with Crippen molar-refractivity contribution >= 4 is 39.0 Å². The Bertz CT molecular complexity index is 1570. The van der Waals surface area contributed by atoms with E-state index in [0.29, 0.717) is 10.7 Å². The highest BCUT2D eigenvalue weighted by atomic mass is 35.5. The van der Waals surface area contributed by atoms with Crippen molar-refractivity contribution in [3.63, 3.8) is 0 Å². The van der Waals surface area contributed by atoms with Crippen molar-refractivity contribution in [3.8, 4) is 17.2 Å². The second kappa shape index (κ2) is 10.6. The number of nitrogens with zero attached hydrogens (tertiary/aromatic N) is 6. The average molecular weight is 544 g/mol. The fourth-order valence-corrected chi connectivity index (χ4v) is 4.75. The number of phenols is 1. The number of anilines is 1. The van der Waals surface area contributed by atoms with Gasteiger partial charge in [0.1, 0.15) is 28.5 Å². The lowest BCUT2D eigenvalue weighted by atomic mass is 10.2. The molecule has 3 heterocycles. The van der Waals surface area contributed by atoms with Crippen LogP contribution in [0.4, 0.5) is 5.95 Å². The lowest BCUT2D eigenvalue weighted by Gasteiger charge is -2.22. The molecule has 2 aromatic heterocycles. The summed E-state index contributed by atoms with van der Waals surface area (Å²) >= 11 is 5.86. The number of allylic oxidation sites excluding steroid dienone is 1. The van der Waals surface area contributed by atoms with Crippen molar-refractivity contribution in [2.45, 2.75) is 25.2 Å². The summed E-state index contributed by atoms with van der Waals surface area (Å²) in [4.78, 5) is 12.6. The molecule has 192 valence electrons. The minimum Gasteiger partial charge on any atom is -0.506 e. The summed E-state index contributed by atoms with van der Waals surface area (Å²) in [7, 11) is -1.44. The Morgan fingerprint density at radius 1 is 1.19 bits per heavy atom. The van der Waals surface area contributed by atoms with Crippen LogP contribution in [0.5, 0.6) is 11.5 Å². The molecule has 0 saturated heterocycles. The van der Waals surface area contributed by atoms with E-state index in [4.69, 9.17) is 21.1 Å². The van der Waals surface area contributed by atoms with Gasteiger partial charge in [0.05, 0.1) is 12.1 Å². The minimum absolute atomic E-state index is 0.0921. The first kappa shape index (κ1) is 26.1. The summed E-state index contributed by atoms with van der Waals surface area (Å²) in [6, 6.07) is 4.59. The lowest BCUT2D eigenvalue weighted by molar-refractivity contribution is 0.0950. The third kappa shape index (κ3) is 5.26. The zero-order chi connectivity index (χ0) is 26.7. The average Bonchev–Trinajstić information content (AvgIpc) is 3.27. The summed E-state index contributed by atoms with van der Waals surface area (Å²) in [6.07, 6.45) is 3.28. The van der Waals surface area contributed by atoms with Crippen LogP contribution < -0.4 is 9.46 Å². The van der Waals surface area contributed by atoms with Gasteiger partial charge < -0.3 is 14.6 Å². The third-order valence-electron chi connectivity index (χ3n) is 5.35. The molecular weight excluding hydrogens is 522 g/mol. The second-order valence-electron chi connectivity index (χ2n) is 7.79. The molecule has 14 heteroatoms. The maximum Gasteiger partial charge on any atom is 0.243 e. The molecular formula is C23H22ClN7O5S. The topological polar surface area (TPSA) is 154 Å². The minimum atomic E-state index is -4.20. The Morgan fingerprint density at radius 3 is 2.57 bits per heavy atom. The second-order valence-corrected chi connectivity index (χ2v) is 10.3. The lowest BCUT2D eigenvalue weighted by Crippen LogP contribution is -2.33. The SMILES string of the molecule is COc1cccc(O)c1-n1c(NS(=O)(=O)[C@H](C)[C@@H](OC)c2ncc(Cl)cn2)nnc1C1=C=C=CC(C)=N1. The number of ether oxygens (including phenoxy) is 2. The Morgan fingerprint density at radius 2 is 1.92 bits per heavy atom. The highest BCUT2D eigenvalue weighted by Crippen LogP contribution is 2.36. The Balaban J connectivity index is 1.83. The number of aliphatic imine (C=N–C) groups is 1. The van der Waals surface area contributed by atoms with E-state index < -0.39 is 21.4 Å². The standard InChI is InChI=1S/C23H22ClN7O5S/c1-13-7-5-8-16(27-13)22-28-29-23(31(22)19-17(32)9-6-10-18(19)35-3)30-37(33,34)14(2)20(36-4)21-25-11-15(24)12-26-21/h6-7,9-12,14,20,32H,1-4H3,(H,29,30)/t14-,20-/m1/s1. The monoisotopic (exact) mass is 543 g/mol. The molecule has 0 aliphatic carbocycles. The first-order valence-corrected chi connectivity index (χ1v) is 12.7. The summed E-state index contributed by atoms with van der Waals surface area (Å²) in [5.74, 6) is 0.00781. The fraction of sp³-hybridized carbons (Fsp3) is 0.261. The largest absolute Gasteiger partial charge is 0.506 e. The molecule has 0 amide bonds. The molecule has 1 aliphatic heterocycles. The smallest absolute Gasteiger partial charge is 0.243 e. The summed E-state index contributed by atoms with van der Waals surface area (Å²) in [5, 5.41) is 18.0. The highest BCUT2D eigenvalue weighted by molar-refractivity contribution is 7.93. The first-order chi connectivity index (χ1) is 17.7. The summed E-state index contributed by atoms with van der Waals surface area (Å²) < 4.78 is 41.5. The van der Waals surface area contributed by atoms with Crippen molar-refractivity contribution < 1.29 is 23.0 Å². The molecule has 2 atom stereocenters. The third-order valence-corrected chi connectivity index (χ3v) is 7.24. The molecule has 1 aromatic carbocycles. The predicted molar refractivity (Wildman–Crippen MR) is 136 cm³/mol. The van der Waals surface area contributed by atoms with Crippen LogP contribution >= 0.6 is 11.6 Å². The molecule has 37 heavy (non-hydrogen) atoms. The van der Waals surface area contributed by atoms with E-state index in [2.05, 4.69) is 41.3 Å². The summed E-state index contributed by atoms with van der Waals surface area (Å²) in [5.41, 5.74) is 6.60. The number of nitrogens with one attached hydrogen (secondary N) is 1. The van der Waals surface area contributed by atoms with Gasteiger partial charge in [-0.25, -0.2) is 23.4 Å². The number of aromatic nitrogens is 5. The van der Waals surface area contributed by atoms with Crippen molar-refractivity contribution in [1.29, 1.82) is 0 Å². The molecule has 0 spiro atoms. The van der Waals surface area contributed by atoms with Crippen LogP contribution in [-0.4, -0.2) is 63.4 Å². The van der Waals surface area contributed by atoms with E-state index in [0.717, 1.165) is 0 Å². The van der Waals surface area contributed by atoms with Gasteiger partial charge in [-0.15, -0.1) is 10.2 Å². The van der Waals surface area contributed by atoms with Crippen LogP contribution in [0.2, 0.25) is 5.02 Å². The van der Waals surface area contributed by atoms with Gasteiger partial charge in [0.15, 0.2) is 17.3 Å². The number of rotatable bonds is 9. The maximum atomic E-state index is 13.5. The molecule has 2 N–H and O–H groups in total. The van der Waals surface area contributed by atoms with Crippen LogP contribution in [0, 0.1) is 0 Å². The van der Waals surface area contributed by atoms with Gasteiger partial charge in [-0.1, -0.05) is 23.4 Å². The van der Waals surface area contributed by atoms with Crippen LogP contribution in [0.3, 0.4) is 0 Å². The van der Waals surface area contributed by atoms with Gasteiger partial charge in [0.25, 0.3) is 0 Å². The number of halogens is 1. The Hall–Kier alpha value is -3.99. The predicted octanol–water partition coefficient (Wildman–Crippen LogP) is 3.07. The van der Waals surface area contributed by atoms with Crippen molar-refractivity contribution in [3.05, 3.63) is 64.8 Å². The van der Waals surface area contributed by atoms with Gasteiger partial charge >= 0.3 is 0 Å². The number of sulfonamides is 1. The van der Waals surface area contributed by atoms with Crippen molar-refractivity contribution in [2.24, 2.45) is 4.99 Å². The van der Waals surface area contributed by atoms with Gasteiger partial charge in [-0.3, -0.25) is 9.29 Å². The van der Waals surface area contributed by atoms with E-state index in [9.17, 15) is 13.5 Å². The van der Waals surface area contributed by atoms with Gasteiger partial charge in [0.2, 0.25) is 16.0 Å². The molecule has 0 bridgehead atoms. The zero-order valence-electron chi connectivity index (χ0n) is 20.2. The van der Waals surface area contributed by atoms with Crippen LogP contribution in [0.25, 0.3) is 11.4 Å². The number of phenolic OH excluding ortho intramolecular Hbond substituents is 1. The Kier molecular flexibility index (Phi) is 7.44. The summed E-state index contributed by atoms with van der Waals surface area (Å²) in [6.45, 7) is 3.19. The quantitative estimate of drug-likeness (QED) is 0.387. The molecule has 3 aromatic rings. The maximum absolute atomic E-state index is 13.5. The molecule has 4 rings (SSSR count). The van der Waals surface area contributed by atoms with E-state index >= 15 is 0 Å². The van der Waals surface area contributed by atoms with Gasteiger partial charge in [-0.2, -0.15) is 0 Å². The fourth-order valence-electron chi connectivity index (χ4n) is 3.53. The molecule has 12 nitrogen and oxygen atoms in total. The molecule has 0 fully saturated rings. The van der Waals surface area contributed by atoms with E-state index in [1.807, 2.05) is 0 Å². The molecule has 0 saturated carbocycles. The normalized spacial score (nSPS) is 14.6. The van der Waals surface area contributed by atoms with Crippen LogP contribution in [0.1, 0.15) is 31.6 Å². The number of aromatic hydroxyl groups is 1. The molecule has 1 aliphatic rings.